The zero-order chi connectivity index (χ0) is 30.1. The van der Waals surface area contributed by atoms with Crippen molar-refractivity contribution in [1.82, 2.24) is 0 Å². The molecule has 1 saturated carbocycles. The molecule has 42 heavy (non-hydrogen) atoms. The number of hydrogen-bond acceptors (Lipinski definition) is 3. The van der Waals surface area contributed by atoms with E-state index in [0.29, 0.717) is 23.5 Å². The van der Waals surface area contributed by atoms with Gasteiger partial charge in [-0.15, -0.1) is 0 Å². The Bertz CT molecular complexity index is 1210. The highest BCUT2D eigenvalue weighted by Crippen LogP contribution is 2.40. The van der Waals surface area contributed by atoms with Gasteiger partial charge in [-0.05, 0) is 92.5 Å². The summed E-state index contributed by atoms with van der Waals surface area (Å²) in [6.07, 6.45) is 9.12. The summed E-state index contributed by atoms with van der Waals surface area (Å²) in [4.78, 5) is 0. The van der Waals surface area contributed by atoms with Gasteiger partial charge >= 0.3 is 12.2 Å². The van der Waals surface area contributed by atoms with Crippen LogP contribution in [-0.2, 0) is 10.8 Å². The predicted molar refractivity (Wildman–Crippen MR) is 149 cm³/mol. The van der Waals surface area contributed by atoms with Crippen molar-refractivity contribution in [3.8, 4) is 11.5 Å². The second-order valence-corrected chi connectivity index (χ2v) is 11.3. The van der Waals surface area contributed by atoms with Gasteiger partial charge in [0.1, 0.15) is 11.6 Å². The van der Waals surface area contributed by atoms with E-state index in [-0.39, 0.29) is 18.3 Å². The Labute approximate surface area is 243 Å². The summed E-state index contributed by atoms with van der Waals surface area (Å²) >= 11 is 0. The van der Waals surface area contributed by atoms with E-state index in [1.807, 2.05) is 0 Å². The van der Waals surface area contributed by atoms with E-state index >= 15 is 0 Å². The van der Waals surface area contributed by atoms with Gasteiger partial charge in [-0.25, -0.2) is 8.78 Å². The van der Waals surface area contributed by atoms with Crippen LogP contribution in [0.25, 0.3) is 0 Å². The molecule has 0 radical (unpaired) electrons. The summed E-state index contributed by atoms with van der Waals surface area (Å²) in [5, 5.41) is 0. The summed E-state index contributed by atoms with van der Waals surface area (Å²) in [6.45, 7) is 3.05. The number of allylic oxidation sites excluding steroid dienone is 1. The standard InChI is InChI=1S/C33H38F6O3/c1-2-3-4-5-23-9-14-26(40-20-23)13-8-22-6-10-24(11-7-22)25-12-16-28(29(34)18-25)33(38,39)42-27-15-17-31(30(35)19-27)41-21-32(36)37/h8,12-13,15-19,21-24,26H,2-7,9-11,14,20H2,1H3. The Morgan fingerprint density at radius 3 is 2.36 bits per heavy atom. The average Bonchev–Trinajstić information content (AvgIpc) is 2.96. The van der Waals surface area contributed by atoms with Crippen LogP contribution in [0.4, 0.5) is 26.3 Å². The van der Waals surface area contributed by atoms with Gasteiger partial charge in [0.05, 0.1) is 18.3 Å². The highest BCUT2D eigenvalue weighted by molar-refractivity contribution is 5.35. The predicted octanol–water partition coefficient (Wildman–Crippen LogP) is 10.4. The van der Waals surface area contributed by atoms with Crippen molar-refractivity contribution in [3.63, 3.8) is 0 Å². The number of rotatable bonds is 12. The molecular weight excluding hydrogens is 558 g/mol. The molecule has 4 rings (SSSR count). The summed E-state index contributed by atoms with van der Waals surface area (Å²) < 4.78 is 97.9. The van der Waals surface area contributed by atoms with Crippen molar-refractivity contribution in [2.24, 2.45) is 11.8 Å². The summed E-state index contributed by atoms with van der Waals surface area (Å²) in [7, 11) is 0. The van der Waals surface area contributed by atoms with Crippen LogP contribution in [0.5, 0.6) is 11.5 Å². The second-order valence-electron chi connectivity index (χ2n) is 11.3. The molecule has 1 aliphatic carbocycles. The molecule has 230 valence electrons. The van der Waals surface area contributed by atoms with Crippen LogP contribution in [0.2, 0.25) is 0 Å². The van der Waals surface area contributed by atoms with Gasteiger partial charge in [-0.1, -0.05) is 44.4 Å². The lowest BCUT2D eigenvalue weighted by atomic mass is 9.78. The van der Waals surface area contributed by atoms with E-state index in [2.05, 4.69) is 28.5 Å². The normalized spacial score (nSPS) is 23.1. The number of benzene rings is 2. The Balaban J connectivity index is 1.27. The van der Waals surface area contributed by atoms with Gasteiger partial charge in [-0.3, -0.25) is 0 Å². The van der Waals surface area contributed by atoms with Gasteiger partial charge in [-0.2, -0.15) is 17.6 Å². The topological polar surface area (TPSA) is 27.7 Å². The molecule has 2 unspecified atom stereocenters. The molecule has 2 fully saturated rings. The Morgan fingerprint density at radius 2 is 1.71 bits per heavy atom. The third kappa shape index (κ3) is 9.03. The van der Waals surface area contributed by atoms with Crippen LogP contribution < -0.4 is 9.47 Å². The number of halogens is 6. The lowest BCUT2D eigenvalue weighted by molar-refractivity contribution is -0.187. The number of alkyl halides is 2. The van der Waals surface area contributed by atoms with Crippen molar-refractivity contribution in [2.45, 2.75) is 89.3 Å². The van der Waals surface area contributed by atoms with E-state index in [4.69, 9.17) is 4.74 Å². The van der Waals surface area contributed by atoms with E-state index < -0.39 is 40.9 Å². The number of unbranched alkanes of at least 4 members (excludes halogenated alkanes) is 2. The maximum Gasteiger partial charge on any atom is 0.429 e. The quantitative estimate of drug-likeness (QED) is 0.106. The first-order chi connectivity index (χ1) is 20.1. The Kier molecular flexibility index (Phi) is 11.4. The number of ether oxygens (including phenoxy) is 3. The number of hydrogen-bond donors (Lipinski definition) is 0. The molecule has 2 aromatic rings. The molecule has 9 heteroatoms. The largest absolute Gasteiger partial charge is 0.456 e. The van der Waals surface area contributed by atoms with Gasteiger partial charge in [0, 0.05) is 6.07 Å². The fourth-order valence-electron chi connectivity index (χ4n) is 5.79. The lowest BCUT2D eigenvalue weighted by Gasteiger charge is -2.29. The van der Waals surface area contributed by atoms with E-state index in [0.717, 1.165) is 63.0 Å². The lowest BCUT2D eigenvalue weighted by Crippen LogP contribution is -2.24. The van der Waals surface area contributed by atoms with Crippen molar-refractivity contribution in [3.05, 3.63) is 83.7 Å². The first-order valence-corrected chi connectivity index (χ1v) is 14.8. The smallest absolute Gasteiger partial charge is 0.429 e. The molecule has 0 amide bonds. The van der Waals surface area contributed by atoms with Gasteiger partial charge in [0.15, 0.2) is 17.8 Å². The fourth-order valence-corrected chi connectivity index (χ4v) is 5.79. The zero-order valence-corrected chi connectivity index (χ0v) is 23.8. The van der Waals surface area contributed by atoms with Crippen molar-refractivity contribution in [1.29, 1.82) is 0 Å². The van der Waals surface area contributed by atoms with Gasteiger partial charge in [0.25, 0.3) is 0 Å². The van der Waals surface area contributed by atoms with E-state index in [1.165, 1.54) is 38.2 Å². The molecule has 0 N–H and O–H groups in total. The third-order valence-corrected chi connectivity index (χ3v) is 8.19. The fraction of sp³-hybridized carbons (Fsp3) is 0.515. The molecule has 2 aromatic carbocycles. The highest BCUT2D eigenvalue weighted by atomic mass is 19.3. The molecule has 1 aliphatic heterocycles. The monoisotopic (exact) mass is 596 g/mol. The molecule has 2 aliphatic rings. The molecule has 0 aromatic heterocycles. The molecule has 0 spiro atoms. The highest BCUT2D eigenvalue weighted by Gasteiger charge is 2.38. The SMILES string of the molecule is CCCCCC1CCC(C=CC2CCC(c3ccc(C(F)(F)Oc4ccc(OC=C(F)F)c(F)c4)c(F)c3)CC2)OC1. The van der Waals surface area contributed by atoms with Crippen molar-refractivity contribution >= 4 is 0 Å². The molecule has 2 atom stereocenters. The van der Waals surface area contributed by atoms with Gasteiger partial charge < -0.3 is 14.2 Å². The first-order valence-electron chi connectivity index (χ1n) is 14.8. The van der Waals surface area contributed by atoms with Crippen LogP contribution >= 0.6 is 0 Å². The zero-order valence-electron chi connectivity index (χ0n) is 23.8. The van der Waals surface area contributed by atoms with Gasteiger partial charge in [0.2, 0.25) is 0 Å². The average molecular weight is 597 g/mol. The summed E-state index contributed by atoms with van der Waals surface area (Å²) in [5.41, 5.74) is -0.328. The Hall–Kier alpha value is -2.94. The minimum absolute atomic E-state index is 0.0177. The summed E-state index contributed by atoms with van der Waals surface area (Å²) in [6, 6.07) is 5.93. The van der Waals surface area contributed by atoms with Crippen LogP contribution in [0.3, 0.4) is 0 Å². The van der Waals surface area contributed by atoms with Crippen LogP contribution in [0, 0.1) is 23.5 Å². The molecule has 0 bridgehead atoms. The molecular formula is C33H38F6O3. The molecule has 1 saturated heterocycles. The van der Waals surface area contributed by atoms with E-state index in [9.17, 15) is 26.3 Å². The maximum atomic E-state index is 14.9. The third-order valence-electron chi connectivity index (χ3n) is 8.19. The molecule has 1 heterocycles. The van der Waals surface area contributed by atoms with Crippen molar-refractivity contribution < 1.29 is 40.6 Å². The minimum Gasteiger partial charge on any atom is -0.456 e. The molecule has 3 nitrogen and oxygen atoms in total. The van der Waals surface area contributed by atoms with Crippen LogP contribution in [0.1, 0.15) is 88.2 Å². The van der Waals surface area contributed by atoms with E-state index in [1.54, 1.807) is 0 Å². The Morgan fingerprint density at radius 1 is 0.929 bits per heavy atom. The second kappa shape index (κ2) is 15.0. The minimum atomic E-state index is -4.10. The first kappa shape index (κ1) is 32.0. The van der Waals surface area contributed by atoms with Crippen LogP contribution in [0.15, 0.2) is 60.9 Å². The summed E-state index contributed by atoms with van der Waals surface area (Å²) in [5.74, 6) is -2.39. The van der Waals surface area contributed by atoms with Crippen LogP contribution in [-0.4, -0.2) is 12.7 Å². The van der Waals surface area contributed by atoms with Crippen molar-refractivity contribution in [2.75, 3.05) is 6.61 Å². The maximum absolute atomic E-state index is 14.9.